The Kier molecular flexibility index (Phi) is 4.13. The summed E-state index contributed by atoms with van der Waals surface area (Å²) in [5.41, 5.74) is 5.49. The molecule has 104 valence electrons. The smallest absolute Gasteiger partial charge is 0.329 e. The molecular weight excluding hydrogens is 246 g/mol. The van der Waals surface area contributed by atoms with Crippen LogP contribution in [0.2, 0.25) is 0 Å². The minimum absolute atomic E-state index is 0.0656. The molecule has 19 heavy (non-hydrogen) atoms. The van der Waals surface area contributed by atoms with Gasteiger partial charge in [0.05, 0.1) is 4.92 Å². The number of nitro groups is 1. The second-order valence-electron chi connectivity index (χ2n) is 4.89. The molecule has 2 rings (SSSR count). The minimum Gasteiger partial charge on any atom is -0.368 e. The van der Waals surface area contributed by atoms with E-state index in [1.54, 1.807) is 0 Å². The third-order valence-electron chi connectivity index (χ3n) is 3.69. The zero-order chi connectivity index (χ0) is 13.8. The number of nitrogens with zero attached hydrogens (tertiary/aromatic N) is 4. The Bertz CT molecular complexity index is 465. The quantitative estimate of drug-likeness (QED) is 0.662. The molecule has 0 saturated carbocycles. The summed E-state index contributed by atoms with van der Waals surface area (Å²) in [5, 5.41) is 11.0. The Morgan fingerprint density at radius 1 is 1.53 bits per heavy atom. The monoisotopic (exact) mass is 265 g/mol. The van der Waals surface area contributed by atoms with Crippen molar-refractivity contribution in [1.82, 2.24) is 9.97 Å². The lowest BCUT2D eigenvalue weighted by atomic mass is 9.98. The maximum Gasteiger partial charge on any atom is 0.329 e. The van der Waals surface area contributed by atoms with Crippen LogP contribution in [-0.2, 0) is 0 Å². The molecule has 0 aromatic carbocycles. The highest BCUT2D eigenvalue weighted by Gasteiger charge is 2.24. The molecule has 1 saturated heterocycles. The molecule has 1 fully saturated rings. The first-order valence-electron chi connectivity index (χ1n) is 6.63. The third-order valence-corrected chi connectivity index (χ3v) is 3.69. The summed E-state index contributed by atoms with van der Waals surface area (Å²) in [6.07, 6.45) is 5.58. The van der Waals surface area contributed by atoms with Crippen molar-refractivity contribution in [2.45, 2.75) is 32.6 Å². The Morgan fingerprint density at radius 2 is 2.32 bits per heavy atom. The lowest BCUT2D eigenvalue weighted by Crippen LogP contribution is -2.26. The Hall–Kier alpha value is -1.92. The van der Waals surface area contributed by atoms with Crippen molar-refractivity contribution in [3.8, 4) is 0 Å². The van der Waals surface area contributed by atoms with E-state index in [1.807, 2.05) is 4.90 Å². The molecule has 1 unspecified atom stereocenters. The second kappa shape index (κ2) is 5.81. The minimum atomic E-state index is -0.447. The van der Waals surface area contributed by atoms with Gasteiger partial charge in [0.2, 0.25) is 11.8 Å². The van der Waals surface area contributed by atoms with Crippen LogP contribution in [0, 0.1) is 16.0 Å². The van der Waals surface area contributed by atoms with E-state index in [9.17, 15) is 10.1 Å². The third kappa shape index (κ3) is 3.10. The normalized spacial score (nSPS) is 20.1. The van der Waals surface area contributed by atoms with E-state index in [0.717, 1.165) is 32.4 Å². The van der Waals surface area contributed by atoms with E-state index in [4.69, 9.17) is 5.73 Å². The van der Waals surface area contributed by atoms with Crippen LogP contribution in [0.15, 0.2) is 6.20 Å². The molecule has 2 heterocycles. The van der Waals surface area contributed by atoms with Crippen LogP contribution in [0.3, 0.4) is 0 Å². The lowest BCUT2D eigenvalue weighted by molar-refractivity contribution is -0.384. The summed E-state index contributed by atoms with van der Waals surface area (Å²) in [6, 6.07) is 0. The highest BCUT2D eigenvalue weighted by atomic mass is 16.6. The van der Waals surface area contributed by atoms with E-state index in [-0.39, 0.29) is 11.6 Å². The van der Waals surface area contributed by atoms with Gasteiger partial charge in [-0.15, -0.1) is 0 Å². The first-order chi connectivity index (χ1) is 9.11. The van der Waals surface area contributed by atoms with E-state index < -0.39 is 4.92 Å². The van der Waals surface area contributed by atoms with Gasteiger partial charge in [0.1, 0.15) is 6.20 Å². The van der Waals surface area contributed by atoms with Gasteiger partial charge in [-0.3, -0.25) is 10.1 Å². The first-order valence-corrected chi connectivity index (χ1v) is 6.63. The number of nitrogen functional groups attached to an aromatic ring is 1. The topological polar surface area (TPSA) is 98.2 Å². The van der Waals surface area contributed by atoms with Crippen LogP contribution in [0.4, 0.5) is 17.5 Å². The predicted molar refractivity (Wildman–Crippen MR) is 72.9 cm³/mol. The van der Waals surface area contributed by atoms with Gasteiger partial charge in [0.25, 0.3) is 0 Å². The molecule has 0 amide bonds. The van der Waals surface area contributed by atoms with Crippen LogP contribution < -0.4 is 10.6 Å². The van der Waals surface area contributed by atoms with Crippen LogP contribution in [0.5, 0.6) is 0 Å². The summed E-state index contributed by atoms with van der Waals surface area (Å²) in [7, 11) is 0. The van der Waals surface area contributed by atoms with Gasteiger partial charge in [-0.1, -0.05) is 13.3 Å². The van der Waals surface area contributed by atoms with Gasteiger partial charge in [0, 0.05) is 13.1 Å². The zero-order valence-corrected chi connectivity index (χ0v) is 11.1. The van der Waals surface area contributed by atoms with Crippen LogP contribution in [-0.4, -0.2) is 28.0 Å². The van der Waals surface area contributed by atoms with E-state index >= 15 is 0 Å². The molecule has 1 aliphatic heterocycles. The summed E-state index contributed by atoms with van der Waals surface area (Å²) in [5.74, 6) is 1.13. The standard InChI is InChI=1S/C12H19N5O2/c1-2-9-4-3-6-16(7-5-9)11-10(17(18)19)8-14-12(13)15-11/h8-9H,2-7H2,1H3,(H2,13,14,15). The lowest BCUT2D eigenvalue weighted by Gasteiger charge is -2.21. The van der Waals surface area contributed by atoms with E-state index in [1.165, 1.54) is 12.6 Å². The summed E-state index contributed by atoms with van der Waals surface area (Å²) < 4.78 is 0. The van der Waals surface area contributed by atoms with Gasteiger partial charge in [-0.2, -0.15) is 4.98 Å². The highest BCUT2D eigenvalue weighted by molar-refractivity contribution is 5.58. The number of anilines is 2. The van der Waals surface area contributed by atoms with Crippen molar-refractivity contribution in [1.29, 1.82) is 0 Å². The SMILES string of the molecule is CCC1CCCN(c2nc(N)ncc2[N+](=O)[O-])CC1. The van der Waals surface area contributed by atoms with E-state index in [2.05, 4.69) is 16.9 Å². The molecule has 7 heteroatoms. The number of hydrogen-bond donors (Lipinski definition) is 1. The van der Waals surface area contributed by atoms with Gasteiger partial charge in [-0.25, -0.2) is 4.98 Å². The van der Waals surface area contributed by atoms with Crippen molar-refractivity contribution < 1.29 is 4.92 Å². The van der Waals surface area contributed by atoms with Gasteiger partial charge < -0.3 is 10.6 Å². The van der Waals surface area contributed by atoms with Crippen molar-refractivity contribution in [3.05, 3.63) is 16.3 Å². The number of rotatable bonds is 3. The molecule has 0 aliphatic carbocycles. The Morgan fingerprint density at radius 3 is 3.00 bits per heavy atom. The van der Waals surface area contributed by atoms with Crippen molar-refractivity contribution in [2.75, 3.05) is 23.7 Å². The van der Waals surface area contributed by atoms with Crippen LogP contribution in [0.1, 0.15) is 32.6 Å². The van der Waals surface area contributed by atoms with Crippen LogP contribution in [0.25, 0.3) is 0 Å². The molecule has 0 radical (unpaired) electrons. The summed E-state index contributed by atoms with van der Waals surface area (Å²) in [6.45, 7) is 3.76. The molecule has 1 aliphatic rings. The van der Waals surface area contributed by atoms with Gasteiger partial charge in [0.15, 0.2) is 0 Å². The molecule has 1 aromatic rings. The van der Waals surface area contributed by atoms with Gasteiger partial charge in [-0.05, 0) is 25.2 Å². The average molecular weight is 265 g/mol. The molecule has 2 N–H and O–H groups in total. The molecule has 0 bridgehead atoms. The Balaban J connectivity index is 2.25. The highest BCUT2D eigenvalue weighted by Crippen LogP contribution is 2.29. The second-order valence-corrected chi connectivity index (χ2v) is 4.89. The maximum absolute atomic E-state index is 11.0. The summed E-state index contributed by atoms with van der Waals surface area (Å²) in [4.78, 5) is 20.3. The summed E-state index contributed by atoms with van der Waals surface area (Å²) >= 11 is 0. The molecule has 1 aromatic heterocycles. The number of nitrogens with two attached hydrogens (primary N) is 1. The number of aromatic nitrogens is 2. The van der Waals surface area contributed by atoms with E-state index in [0.29, 0.717) is 11.7 Å². The molecular formula is C12H19N5O2. The maximum atomic E-state index is 11.0. The van der Waals surface area contributed by atoms with Crippen molar-refractivity contribution in [3.63, 3.8) is 0 Å². The fraction of sp³-hybridized carbons (Fsp3) is 0.667. The fourth-order valence-electron chi connectivity index (χ4n) is 2.53. The zero-order valence-electron chi connectivity index (χ0n) is 11.1. The molecule has 1 atom stereocenters. The Labute approximate surface area is 112 Å². The van der Waals surface area contributed by atoms with Gasteiger partial charge >= 0.3 is 5.69 Å². The first kappa shape index (κ1) is 13.5. The predicted octanol–water partition coefficient (Wildman–Crippen LogP) is 1.98. The molecule has 7 nitrogen and oxygen atoms in total. The average Bonchev–Trinajstić information content (AvgIpc) is 2.63. The largest absolute Gasteiger partial charge is 0.368 e. The fourth-order valence-corrected chi connectivity index (χ4v) is 2.53. The van der Waals surface area contributed by atoms with Crippen LogP contribution >= 0.6 is 0 Å². The number of hydrogen-bond acceptors (Lipinski definition) is 6. The molecule has 0 spiro atoms. The van der Waals surface area contributed by atoms with Crippen molar-refractivity contribution in [2.24, 2.45) is 5.92 Å². The van der Waals surface area contributed by atoms with Crippen molar-refractivity contribution >= 4 is 17.5 Å².